The first kappa shape index (κ1) is 10.6. The molecule has 1 aliphatic heterocycles. The van der Waals surface area contributed by atoms with Gasteiger partial charge in [-0.2, -0.15) is 0 Å². The summed E-state index contributed by atoms with van der Waals surface area (Å²) < 4.78 is 30.9. The van der Waals surface area contributed by atoms with E-state index in [0.717, 1.165) is 0 Å². The Morgan fingerprint density at radius 2 is 2.00 bits per heavy atom. The molecule has 1 saturated heterocycles. The van der Waals surface area contributed by atoms with Crippen LogP contribution in [-0.4, -0.2) is 48.6 Å². The Labute approximate surface area is 82.0 Å². The minimum Gasteiger partial charge on any atom is -0.748 e. The summed E-state index contributed by atoms with van der Waals surface area (Å²) >= 11 is 4.79. The highest BCUT2D eigenvalue weighted by molar-refractivity contribution is 7.85. The highest BCUT2D eigenvalue weighted by atomic mass is 32.2. The van der Waals surface area contributed by atoms with Crippen LogP contribution < -0.4 is 10.6 Å². The molecule has 6 nitrogen and oxygen atoms in total. The summed E-state index contributed by atoms with van der Waals surface area (Å²) in [6.45, 7) is 1.16. The van der Waals surface area contributed by atoms with E-state index in [0.29, 0.717) is 18.4 Å². The van der Waals surface area contributed by atoms with Crippen molar-refractivity contribution in [2.75, 3.05) is 25.6 Å². The van der Waals surface area contributed by atoms with E-state index in [-0.39, 0.29) is 12.3 Å². The number of thiocarbonyl (C=S) groups is 1. The van der Waals surface area contributed by atoms with Gasteiger partial charge in [0, 0.05) is 6.54 Å². The van der Waals surface area contributed by atoms with Crippen molar-refractivity contribution < 1.29 is 13.0 Å². The summed E-state index contributed by atoms with van der Waals surface area (Å²) in [4.78, 5) is 1.74. The van der Waals surface area contributed by atoms with Gasteiger partial charge < -0.3 is 15.2 Å². The molecule has 2 N–H and O–H groups in total. The minimum atomic E-state index is -4.12. The van der Waals surface area contributed by atoms with Crippen LogP contribution in [0, 0.1) is 0 Å². The van der Waals surface area contributed by atoms with E-state index in [9.17, 15) is 13.0 Å². The van der Waals surface area contributed by atoms with Crippen LogP contribution in [-0.2, 0) is 10.1 Å². The van der Waals surface area contributed by atoms with Crippen molar-refractivity contribution in [1.29, 1.82) is 0 Å². The molecule has 0 amide bonds. The zero-order valence-corrected chi connectivity index (χ0v) is 8.45. The van der Waals surface area contributed by atoms with E-state index in [1.54, 1.807) is 4.90 Å². The predicted octanol–water partition coefficient (Wildman–Crippen LogP) is -1.77. The van der Waals surface area contributed by atoms with Crippen molar-refractivity contribution in [3.8, 4) is 0 Å². The Kier molecular flexibility index (Phi) is 3.42. The molecule has 0 spiro atoms. The molecule has 8 heteroatoms. The van der Waals surface area contributed by atoms with E-state index in [1.165, 1.54) is 0 Å². The third-order valence-electron chi connectivity index (χ3n) is 1.58. The first-order valence-electron chi connectivity index (χ1n) is 3.65. The molecule has 0 aromatic rings. The molecule has 0 atom stereocenters. The second-order valence-electron chi connectivity index (χ2n) is 2.66. The Balaban J connectivity index is 2.27. The summed E-state index contributed by atoms with van der Waals surface area (Å²) in [5.74, 6) is -0.372. The van der Waals surface area contributed by atoms with Crippen LogP contribution in [0.15, 0.2) is 0 Å². The maximum Gasteiger partial charge on any atom is 0.168 e. The van der Waals surface area contributed by atoms with Gasteiger partial charge in [0.25, 0.3) is 0 Å². The van der Waals surface area contributed by atoms with Crippen LogP contribution in [0.3, 0.4) is 0 Å². The first-order chi connectivity index (χ1) is 5.97. The third-order valence-corrected chi connectivity index (χ3v) is 2.56. The molecule has 1 heterocycles. The highest BCUT2D eigenvalue weighted by Crippen LogP contribution is 1.91. The largest absolute Gasteiger partial charge is 0.748 e. The Hall–Kier alpha value is -0.440. The molecule has 1 aliphatic rings. The molecule has 1 fully saturated rings. The van der Waals surface area contributed by atoms with Crippen molar-refractivity contribution in [3.63, 3.8) is 0 Å². The number of hydrogen-bond acceptors (Lipinski definition) is 5. The van der Waals surface area contributed by atoms with E-state index in [1.807, 2.05) is 0 Å². The molecular weight excluding hydrogens is 214 g/mol. The van der Waals surface area contributed by atoms with E-state index < -0.39 is 10.1 Å². The van der Waals surface area contributed by atoms with E-state index in [4.69, 9.17) is 12.2 Å². The van der Waals surface area contributed by atoms with Gasteiger partial charge >= 0.3 is 0 Å². The molecule has 0 aromatic carbocycles. The average molecular weight is 224 g/mol. The normalized spacial score (nSPS) is 19.3. The predicted molar refractivity (Wildman–Crippen MR) is 49.9 cm³/mol. The minimum absolute atomic E-state index is 0.217. The van der Waals surface area contributed by atoms with Crippen molar-refractivity contribution >= 4 is 27.4 Å². The monoisotopic (exact) mass is 224 g/mol. The van der Waals surface area contributed by atoms with Gasteiger partial charge in [-0.15, -0.1) is 0 Å². The molecule has 0 saturated carbocycles. The number of hydrogen-bond donors (Lipinski definition) is 2. The highest BCUT2D eigenvalue weighted by Gasteiger charge is 2.11. The molecule has 0 radical (unpaired) electrons. The molecule has 1 rings (SSSR count). The molecule has 13 heavy (non-hydrogen) atoms. The lowest BCUT2D eigenvalue weighted by molar-refractivity contribution is 0.256. The van der Waals surface area contributed by atoms with Crippen LogP contribution in [0.2, 0.25) is 0 Å². The first-order valence-corrected chi connectivity index (χ1v) is 5.63. The third kappa shape index (κ3) is 4.36. The zero-order valence-electron chi connectivity index (χ0n) is 6.82. The lowest BCUT2D eigenvalue weighted by Gasteiger charge is -2.29. The van der Waals surface area contributed by atoms with Crippen molar-refractivity contribution in [1.82, 2.24) is 15.5 Å². The van der Waals surface area contributed by atoms with Crippen molar-refractivity contribution in [3.05, 3.63) is 0 Å². The van der Waals surface area contributed by atoms with Gasteiger partial charge in [0.1, 0.15) is 0 Å². The van der Waals surface area contributed by atoms with Crippen LogP contribution in [0.1, 0.15) is 0 Å². The van der Waals surface area contributed by atoms with E-state index in [2.05, 4.69) is 10.6 Å². The smallest absolute Gasteiger partial charge is 0.168 e. The molecule has 0 aliphatic carbocycles. The molecular formula is C5H10N3O3S2-. The topological polar surface area (TPSA) is 84.5 Å². The Bertz CT molecular complexity index is 279. The van der Waals surface area contributed by atoms with Gasteiger partial charge in [-0.25, -0.2) is 8.42 Å². The van der Waals surface area contributed by atoms with Crippen molar-refractivity contribution in [2.45, 2.75) is 0 Å². The lowest BCUT2D eigenvalue weighted by atomic mass is 10.6. The second-order valence-corrected chi connectivity index (χ2v) is 4.59. The van der Waals surface area contributed by atoms with Gasteiger partial charge in [-0.3, -0.25) is 4.90 Å². The van der Waals surface area contributed by atoms with Crippen LogP contribution >= 0.6 is 12.2 Å². The maximum atomic E-state index is 10.3. The summed E-state index contributed by atoms with van der Waals surface area (Å²) in [7, 11) is -4.12. The lowest BCUT2D eigenvalue weighted by Crippen LogP contribution is -2.54. The van der Waals surface area contributed by atoms with Gasteiger partial charge in [0.15, 0.2) is 5.11 Å². The fraction of sp³-hybridized carbons (Fsp3) is 0.800. The quantitative estimate of drug-likeness (QED) is 0.433. The molecule has 0 unspecified atom stereocenters. The van der Waals surface area contributed by atoms with Crippen LogP contribution in [0.5, 0.6) is 0 Å². The average Bonchev–Trinajstić information content (AvgIpc) is 2.02. The Morgan fingerprint density at radius 3 is 2.46 bits per heavy atom. The van der Waals surface area contributed by atoms with Gasteiger partial charge in [-0.05, 0) is 12.2 Å². The fourth-order valence-electron chi connectivity index (χ4n) is 0.885. The summed E-state index contributed by atoms with van der Waals surface area (Å²) in [6, 6.07) is 0. The number of nitrogens with one attached hydrogen (secondary N) is 2. The number of nitrogens with zero attached hydrogens (tertiary/aromatic N) is 1. The fourth-order valence-corrected chi connectivity index (χ4v) is 1.50. The Morgan fingerprint density at radius 1 is 1.46 bits per heavy atom. The van der Waals surface area contributed by atoms with Crippen molar-refractivity contribution in [2.24, 2.45) is 0 Å². The molecule has 76 valence electrons. The van der Waals surface area contributed by atoms with Gasteiger partial charge in [-0.1, -0.05) is 0 Å². The second kappa shape index (κ2) is 4.18. The summed E-state index contributed by atoms with van der Waals surface area (Å²) in [5.41, 5.74) is 0. The van der Waals surface area contributed by atoms with Gasteiger partial charge in [0.05, 0.1) is 29.2 Å². The summed E-state index contributed by atoms with van der Waals surface area (Å²) in [6.07, 6.45) is 0. The van der Waals surface area contributed by atoms with Crippen LogP contribution in [0.25, 0.3) is 0 Å². The zero-order chi connectivity index (χ0) is 9.90. The summed E-state index contributed by atoms with van der Waals surface area (Å²) in [5, 5.41) is 6.18. The standard InChI is InChI=1S/C5H11N3O3S2/c9-13(10,11)2-1-8-3-6-5(12)7-4-8/h1-4H2,(H2,6,7,12)(H,9,10,11)/p-1. The van der Waals surface area contributed by atoms with Gasteiger partial charge in [0.2, 0.25) is 0 Å². The molecule has 0 aromatic heterocycles. The van der Waals surface area contributed by atoms with E-state index >= 15 is 0 Å². The molecule has 0 bridgehead atoms. The number of rotatable bonds is 3. The van der Waals surface area contributed by atoms with Crippen LogP contribution in [0.4, 0.5) is 0 Å². The maximum absolute atomic E-state index is 10.3. The SMILES string of the molecule is O=S(=O)([O-])CCN1CNC(=S)NC1.